The van der Waals surface area contributed by atoms with E-state index in [0.29, 0.717) is 10.8 Å². The molecule has 2 aromatic rings. The van der Waals surface area contributed by atoms with Crippen molar-refractivity contribution in [2.75, 3.05) is 11.1 Å². The number of hydrogen-bond donors (Lipinski definition) is 1. The van der Waals surface area contributed by atoms with Crippen molar-refractivity contribution in [2.45, 2.75) is 5.75 Å². The third kappa shape index (κ3) is 4.72. The van der Waals surface area contributed by atoms with Crippen LogP contribution in [-0.2, 0) is 10.5 Å². The van der Waals surface area contributed by atoms with Gasteiger partial charge in [-0.25, -0.2) is 8.78 Å². The van der Waals surface area contributed by atoms with E-state index in [-0.39, 0.29) is 5.75 Å². The Balaban J connectivity index is 1.84. The normalized spacial score (nSPS) is 10.4. The Morgan fingerprint density at radius 3 is 2.33 bits per heavy atom. The molecule has 0 fully saturated rings. The third-order valence-corrected chi connectivity index (χ3v) is 3.90. The highest BCUT2D eigenvalue weighted by Gasteiger charge is 2.11. The molecule has 2 rings (SSSR count). The molecule has 6 heteroatoms. The number of rotatable bonds is 5. The first kappa shape index (κ1) is 15.8. The number of benzene rings is 2. The van der Waals surface area contributed by atoms with Crippen molar-refractivity contribution in [2.24, 2.45) is 0 Å². The predicted octanol–water partition coefficient (Wildman–Crippen LogP) is 4.49. The maximum atomic E-state index is 13.4. The molecular weight excluding hydrogens is 316 g/mol. The SMILES string of the molecule is O=C(CSCc1ccc(Cl)cc1)Nc1c(F)cccc1F. The molecule has 21 heavy (non-hydrogen) atoms. The summed E-state index contributed by atoms with van der Waals surface area (Å²) in [5, 5.41) is 2.89. The molecule has 0 saturated heterocycles. The molecule has 0 aliphatic rings. The molecule has 0 aromatic heterocycles. The number of thioether (sulfide) groups is 1. The molecule has 0 spiro atoms. The smallest absolute Gasteiger partial charge is 0.234 e. The van der Waals surface area contributed by atoms with E-state index in [1.54, 1.807) is 12.1 Å². The van der Waals surface area contributed by atoms with Gasteiger partial charge < -0.3 is 5.32 Å². The lowest BCUT2D eigenvalue weighted by molar-refractivity contribution is -0.113. The van der Waals surface area contributed by atoms with Gasteiger partial charge in [-0.2, -0.15) is 0 Å². The highest BCUT2D eigenvalue weighted by atomic mass is 35.5. The van der Waals surface area contributed by atoms with Crippen LogP contribution in [0.3, 0.4) is 0 Å². The number of anilines is 1. The van der Waals surface area contributed by atoms with Crippen LogP contribution in [0.2, 0.25) is 5.02 Å². The fourth-order valence-corrected chi connectivity index (χ4v) is 2.55. The van der Waals surface area contributed by atoms with Gasteiger partial charge in [-0.1, -0.05) is 29.8 Å². The first-order valence-electron chi connectivity index (χ1n) is 6.12. The maximum Gasteiger partial charge on any atom is 0.234 e. The highest BCUT2D eigenvalue weighted by molar-refractivity contribution is 7.99. The van der Waals surface area contributed by atoms with Crippen molar-refractivity contribution in [1.29, 1.82) is 0 Å². The summed E-state index contributed by atoms with van der Waals surface area (Å²) in [4.78, 5) is 11.7. The van der Waals surface area contributed by atoms with Crippen molar-refractivity contribution in [3.05, 3.63) is 64.7 Å². The summed E-state index contributed by atoms with van der Waals surface area (Å²) in [5.74, 6) is -1.30. The lowest BCUT2D eigenvalue weighted by Crippen LogP contribution is -2.16. The summed E-state index contributed by atoms with van der Waals surface area (Å²) in [5.41, 5.74) is 0.615. The van der Waals surface area contributed by atoms with Gasteiger partial charge in [-0.15, -0.1) is 11.8 Å². The molecule has 0 heterocycles. The van der Waals surface area contributed by atoms with E-state index in [4.69, 9.17) is 11.6 Å². The Morgan fingerprint density at radius 2 is 1.71 bits per heavy atom. The van der Waals surface area contributed by atoms with E-state index in [9.17, 15) is 13.6 Å². The van der Waals surface area contributed by atoms with Crippen LogP contribution >= 0.6 is 23.4 Å². The van der Waals surface area contributed by atoms with Crippen LogP contribution < -0.4 is 5.32 Å². The van der Waals surface area contributed by atoms with Gasteiger partial charge >= 0.3 is 0 Å². The first-order valence-corrected chi connectivity index (χ1v) is 7.65. The third-order valence-electron chi connectivity index (χ3n) is 2.64. The van der Waals surface area contributed by atoms with E-state index in [2.05, 4.69) is 5.32 Å². The quantitative estimate of drug-likeness (QED) is 0.876. The van der Waals surface area contributed by atoms with Gasteiger partial charge in [0.25, 0.3) is 0 Å². The summed E-state index contributed by atoms with van der Waals surface area (Å²) in [7, 11) is 0. The average molecular weight is 328 g/mol. The molecule has 0 atom stereocenters. The first-order chi connectivity index (χ1) is 10.1. The van der Waals surface area contributed by atoms with Gasteiger partial charge in [0.15, 0.2) is 0 Å². The zero-order chi connectivity index (χ0) is 15.2. The summed E-state index contributed by atoms with van der Waals surface area (Å²) < 4.78 is 26.7. The number of para-hydroxylation sites is 1. The van der Waals surface area contributed by atoms with Crippen LogP contribution in [0.25, 0.3) is 0 Å². The zero-order valence-electron chi connectivity index (χ0n) is 10.9. The van der Waals surface area contributed by atoms with Gasteiger partial charge in [-0.05, 0) is 29.8 Å². The molecule has 0 aliphatic carbocycles. The molecular formula is C15H12ClF2NOS. The number of hydrogen-bond acceptors (Lipinski definition) is 2. The Kier molecular flexibility index (Phi) is 5.59. The maximum absolute atomic E-state index is 13.4. The molecule has 1 amide bonds. The van der Waals surface area contributed by atoms with Crippen LogP contribution in [0.4, 0.5) is 14.5 Å². The molecule has 0 saturated carbocycles. The van der Waals surface area contributed by atoms with Crippen molar-refractivity contribution in [3.63, 3.8) is 0 Å². The summed E-state index contributed by atoms with van der Waals surface area (Å²) in [6.07, 6.45) is 0. The van der Waals surface area contributed by atoms with E-state index in [0.717, 1.165) is 17.7 Å². The second kappa shape index (κ2) is 7.43. The van der Waals surface area contributed by atoms with E-state index < -0.39 is 23.2 Å². The number of amides is 1. The Morgan fingerprint density at radius 1 is 1.10 bits per heavy atom. The van der Waals surface area contributed by atoms with Gasteiger partial charge in [0.05, 0.1) is 5.75 Å². The second-order valence-corrected chi connectivity index (χ2v) is 5.69. The fourth-order valence-electron chi connectivity index (χ4n) is 1.63. The minimum Gasteiger partial charge on any atom is -0.320 e. The van der Waals surface area contributed by atoms with Crippen molar-refractivity contribution < 1.29 is 13.6 Å². The Labute approximate surface area is 130 Å². The molecule has 2 aromatic carbocycles. The summed E-state index contributed by atoms with van der Waals surface area (Å²) in [6, 6.07) is 10.7. The highest BCUT2D eigenvalue weighted by Crippen LogP contribution is 2.19. The van der Waals surface area contributed by atoms with Crippen LogP contribution in [-0.4, -0.2) is 11.7 Å². The lowest BCUT2D eigenvalue weighted by atomic mass is 10.2. The van der Waals surface area contributed by atoms with Gasteiger partial charge in [-0.3, -0.25) is 4.79 Å². The van der Waals surface area contributed by atoms with Gasteiger partial charge in [0.1, 0.15) is 17.3 Å². The molecule has 0 radical (unpaired) electrons. The summed E-state index contributed by atoms with van der Waals surface area (Å²) >= 11 is 7.13. The van der Waals surface area contributed by atoms with Gasteiger partial charge in [0, 0.05) is 10.8 Å². The number of carbonyl (C=O) groups excluding carboxylic acids is 1. The lowest BCUT2D eigenvalue weighted by Gasteiger charge is -2.07. The van der Waals surface area contributed by atoms with Gasteiger partial charge in [0.2, 0.25) is 5.91 Å². The molecule has 2 nitrogen and oxygen atoms in total. The van der Waals surface area contributed by atoms with Crippen LogP contribution in [0, 0.1) is 11.6 Å². The molecule has 0 bridgehead atoms. The van der Waals surface area contributed by atoms with Crippen molar-refractivity contribution in [3.8, 4) is 0 Å². The van der Waals surface area contributed by atoms with E-state index in [1.165, 1.54) is 17.8 Å². The molecule has 110 valence electrons. The molecule has 0 aliphatic heterocycles. The van der Waals surface area contributed by atoms with Crippen molar-refractivity contribution >= 4 is 35.0 Å². The largest absolute Gasteiger partial charge is 0.320 e. The minimum atomic E-state index is -0.786. The van der Waals surface area contributed by atoms with Crippen LogP contribution in [0.15, 0.2) is 42.5 Å². The minimum absolute atomic E-state index is 0.108. The second-order valence-electron chi connectivity index (χ2n) is 4.26. The average Bonchev–Trinajstić information content (AvgIpc) is 2.45. The van der Waals surface area contributed by atoms with Crippen LogP contribution in [0.1, 0.15) is 5.56 Å². The van der Waals surface area contributed by atoms with Crippen LogP contribution in [0.5, 0.6) is 0 Å². The molecule has 0 unspecified atom stereocenters. The molecule has 1 N–H and O–H groups in total. The van der Waals surface area contributed by atoms with E-state index >= 15 is 0 Å². The summed E-state index contributed by atoms with van der Waals surface area (Å²) in [6.45, 7) is 0. The number of nitrogens with one attached hydrogen (secondary N) is 1. The monoisotopic (exact) mass is 327 g/mol. The number of carbonyl (C=O) groups is 1. The predicted molar refractivity (Wildman–Crippen MR) is 82.6 cm³/mol. The zero-order valence-corrected chi connectivity index (χ0v) is 12.5. The standard InChI is InChI=1S/C15H12ClF2NOS/c16-11-6-4-10(5-7-11)8-21-9-14(20)19-15-12(17)2-1-3-13(15)18/h1-7H,8-9H2,(H,19,20). The van der Waals surface area contributed by atoms with E-state index in [1.807, 2.05) is 12.1 Å². The fraction of sp³-hybridized carbons (Fsp3) is 0.133. The topological polar surface area (TPSA) is 29.1 Å². The Hall–Kier alpha value is -1.59. The van der Waals surface area contributed by atoms with Crippen molar-refractivity contribution in [1.82, 2.24) is 0 Å². The Bertz CT molecular complexity index is 614. The number of halogens is 3.